The molecule has 0 radical (unpaired) electrons. The minimum atomic E-state index is -4.96. The summed E-state index contributed by atoms with van der Waals surface area (Å²) < 4.78 is 90.6. The first-order chi connectivity index (χ1) is 31.0. The Morgan fingerprint density at radius 2 is 1.18 bits per heavy atom. The first-order valence-electron chi connectivity index (χ1n) is 19.4. The van der Waals surface area contributed by atoms with E-state index in [1.54, 1.807) is 6.07 Å². The Morgan fingerprint density at radius 1 is 0.773 bits per heavy atom. The number of carbonyl (C=O) groups excluding carboxylic acids is 2. The van der Waals surface area contributed by atoms with Crippen LogP contribution in [0, 0.1) is 23.7 Å². The number of anilines is 2. The lowest BCUT2D eigenvalue weighted by Crippen LogP contribution is -2.50. The Balaban J connectivity index is 0.000000296. The molecule has 0 spiro atoms. The van der Waals surface area contributed by atoms with Gasteiger partial charge in [-0.1, -0.05) is 11.8 Å². The van der Waals surface area contributed by atoms with Crippen molar-refractivity contribution in [2.75, 3.05) is 38.3 Å². The van der Waals surface area contributed by atoms with Crippen LogP contribution in [0.4, 0.5) is 30.0 Å². The average Bonchev–Trinajstić information content (AvgIpc) is 3.97. The molecule has 66 heavy (non-hydrogen) atoms. The van der Waals surface area contributed by atoms with Gasteiger partial charge in [0, 0.05) is 12.4 Å². The summed E-state index contributed by atoms with van der Waals surface area (Å²) in [5.74, 6) is 3.64. The molecule has 25 nitrogen and oxygen atoms in total. The number of halogens is 2. The van der Waals surface area contributed by atoms with E-state index >= 15 is 4.39 Å². The third-order valence-corrected chi connectivity index (χ3v) is 10.6. The molecule has 2 fully saturated rings. The molecule has 0 saturated carbocycles. The highest BCUT2D eigenvalue weighted by Gasteiger charge is 2.66. The third kappa shape index (κ3) is 10.6. The number of fused-ring (bicyclic) bond motifs is 2. The van der Waals surface area contributed by atoms with Gasteiger partial charge in [0.15, 0.2) is 24.7 Å². The molecule has 2 saturated heterocycles. The van der Waals surface area contributed by atoms with E-state index in [9.17, 15) is 44.1 Å². The monoisotopic (exact) mass is 956 g/mol. The minimum absolute atomic E-state index is 0.0801. The maximum Gasteiger partial charge on any atom is 0.510 e. The Morgan fingerprint density at radius 3 is 1.58 bits per heavy atom. The van der Waals surface area contributed by atoms with Gasteiger partial charge in [-0.15, -0.1) is 11.8 Å². The second-order valence-electron chi connectivity index (χ2n) is 14.7. The number of phosphoric acid groups is 1. The van der Waals surface area contributed by atoms with E-state index in [1.165, 1.54) is 70.9 Å². The van der Waals surface area contributed by atoms with Crippen LogP contribution in [0.2, 0.25) is 0 Å². The molecule has 0 amide bonds. The van der Waals surface area contributed by atoms with Crippen LogP contribution in [0.1, 0.15) is 54.0 Å². The molecular weight excluding hydrogens is 909 g/mol. The van der Waals surface area contributed by atoms with Crippen molar-refractivity contribution in [1.29, 1.82) is 0 Å². The molecule has 2 aliphatic heterocycles. The van der Waals surface area contributed by atoms with Crippen LogP contribution in [0.5, 0.6) is 0 Å². The van der Waals surface area contributed by atoms with Crippen LogP contribution in [0.15, 0.2) is 37.2 Å². The number of ether oxygens (including phenoxy) is 6. The number of nitrogens with zero attached hydrogens (tertiary/aromatic N) is 6. The maximum atomic E-state index is 16.2. The summed E-state index contributed by atoms with van der Waals surface area (Å²) in [6.07, 6.45) is -6.07. The van der Waals surface area contributed by atoms with Gasteiger partial charge in [-0.25, -0.2) is 51.9 Å². The normalized spacial score (nSPS) is 27.1. The van der Waals surface area contributed by atoms with Gasteiger partial charge in [0.1, 0.15) is 48.8 Å². The number of aliphatic hydroxyl groups excluding tert-OH is 3. The lowest BCUT2D eigenvalue weighted by atomic mass is 9.93. The van der Waals surface area contributed by atoms with Gasteiger partial charge in [-0.2, -0.15) is 0 Å². The topological polar surface area (TPSA) is 349 Å². The van der Waals surface area contributed by atoms with Gasteiger partial charge in [0.25, 0.3) is 11.7 Å². The summed E-state index contributed by atoms with van der Waals surface area (Å²) in [5.41, 5.74) is 7.10. The molecule has 4 aromatic heterocycles. The van der Waals surface area contributed by atoms with Gasteiger partial charge in [-0.3, -0.25) is 4.52 Å². The van der Waals surface area contributed by atoms with E-state index in [0.717, 1.165) is 10.9 Å². The van der Waals surface area contributed by atoms with Crippen LogP contribution in [-0.2, 0) is 46.6 Å². The number of hydrogen-bond acceptors (Lipinski definition) is 23. The highest BCUT2D eigenvalue weighted by atomic mass is 31.2. The van der Waals surface area contributed by atoms with E-state index in [2.05, 4.69) is 53.1 Å². The molecule has 9 N–H and O–H groups in total. The molecular formula is C38H47F2N8O17P. The van der Waals surface area contributed by atoms with Crippen LogP contribution in [0.25, 0.3) is 22.1 Å². The van der Waals surface area contributed by atoms with Crippen LogP contribution in [0.3, 0.4) is 0 Å². The fourth-order valence-corrected chi connectivity index (χ4v) is 7.33. The van der Waals surface area contributed by atoms with Crippen molar-refractivity contribution in [2.24, 2.45) is 0 Å². The van der Waals surface area contributed by atoms with Gasteiger partial charge in [0.05, 0.1) is 23.0 Å². The van der Waals surface area contributed by atoms with Crippen LogP contribution in [-0.4, -0.2) is 141 Å². The zero-order chi connectivity index (χ0) is 48.8. The SMILES string of the molecule is CC#C[C@]1(O)[C@H](n2ccc3c(N)ncnc32)O[C@](F)(CO)[C@H]1O.CC#C[C@]1(O)[C@H](n2ccc3c(N)ncnc32)O[C@](F)(COP(=O)(OCOC(=O)OC(C)C)OCOC(=O)OC(C)C)[C@H]1O. The van der Waals surface area contributed by atoms with E-state index in [4.69, 9.17) is 44.0 Å². The van der Waals surface area contributed by atoms with Crippen molar-refractivity contribution in [3.8, 4) is 23.7 Å². The first-order valence-corrected chi connectivity index (χ1v) is 20.8. The van der Waals surface area contributed by atoms with E-state index in [1.807, 2.05) is 0 Å². The number of carbonyl (C=O) groups is 2. The smallest absolute Gasteiger partial charge is 0.432 e. The van der Waals surface area contributed by atoms with Gasteiger partial charge < -0.3 is 74.6 Å². The Kier molecular flexibility index (Phi) is 15.8. The predicted octanol–water partition coefficient (Wildman–Crippen LogP) is 1.84. The summed E-state index contributed by atoms with van der Waals surface area (Å²) in [5, 5.41) is 53.0. The fourth-order valence-electron chi connectivity index (χ4n) is 6.41. The van der Waals surface area contributed by atoms with E-state index < -0.39 is 107 Å². The maximum absolute atomic E-state index is 16.2. The lowest BCUT2D eigenvalue weighted by Gasteiger charge is -2.27. The van der Waals surface area contributed by atoms with Gasteiger partial charge in [-0.05, 0) is 53.7 Å². The highest BCUT2D eigenvalue weighted by molar-refractivity contribution is 7.48. The number of rotatable bonds is 14. The third-order valence-electron chi connectivity index (χ3n) is 9.33. The largest absolute Gasteiger partial charge is 0.510 e. The van der Waals surface area contributed by atoms with Crippen molar-refractivity contribution in [1.82, 2.24) is 29.1 Å². The van der Waals surface area contributed by atoms with Crippen molar-refractivity contribution in [3.63, 3.8) is 0 Å². The quantitative estimate of drug-likeness (QED) is 0.0410. The van der Waals surface area contributed by atoms with Crippen molar-refractivity contribution in [2.45, 2.75) is 101 Å². The van der Waals surface area contributed by atoms with Crippen LogP contribution >= 0.6 is 7.82 Å². The predicted molar refractivity (Wildman–Crippen MR) is 219 cm³/mol. The van der Waals surface area contributed by atoms with Crippen LogP contribution < -0.4 is 11.5 Å². The van der Waals surface area contributed by atoms with E-state index in [-0.39, 0.29) is 22.9 Å². The van der Waals surface area contributed by atoms with Crippen molar-refractivity contribution >= 4 is 53.8 Å². The number of aromatic nitrogens is 6. The zero-order valence-electron chi connectivity index (χ0n) is 35.9. The Hall–Kier alpha value is -5.81. The molecule has 0 bridgehead atoms. The molecule has 4 aromatic rings. The summed E-state index contributed by atoms with van der Waals surface area (Å²) in [4.78, 5) is 39.1. The summed E-state index contributed by atoms with van der Waals surface area (Å²) in [6.45, 7) is 4.20. The lowest BCUT2D eigenvalue weighted by molar-refractivity contribution is -0.206. The second kappa shape index (κ2) is 20.4. The summed E-state index contributed by atoms with van der Waals surface area (Å²) >= 11 is 0. The Labute approximate surface area is 373 Å². The number of phosphoric ester groups is 1. The van der Waals surface area contributed by atoms with Gasteiger partial charge in [0.2, 0.25) is 24.8 Å². The molecule has 0 aliphatic carbocycles. The zero-order valence-corrected chi connectivity index (χ0v) is 36.8. The number of hydrogen-bond donors (Lipinski definition) is 7. The van der Waals surface area contributed by atoms with Gasteiger partial charge >= 0.3 is 20.1 Å². The molecule has 8 atom stereocenters. The first kappa shape index (κ1) is 51.2. The standard InChI is InChI=1S/C24H32FN4O13P.C14H15FN4O4/c1-6-8-23(33)19(30)24(25,42-20(23)29-9-7-16-17(26)27-11-28-18(16)29)10-37-43(34,38-12-35-21(31)40-14(2)3)39-13-36-22(32)41-15(4)5;1-2-4-13(22)11(21)14(15,6-20)23-12(13)19-5-3-8-9(16)17-7-18-10(8)19/h7,9,11,14-15,19-20,30,33H,10,12-13H2,1-5H3,(H2,26,27,28);3,5,7,11-12,20-22H,6H2,1H3,(H2,16,17,18)/t19-,20+,23+,24+;11-,12+,13+,14+/m00/s1. The highest BCUT2D eigenvalue weighted by Crippen LogP contribution is 2.53. The molecule has 0 aromatic carbocycles. The molecule has 360 valence electrons. The molecule has 6 rings (SSSR count). The molecule has 2 aliphatic rings. The summed E-state index contributed by atoms with van der Waals surface area (Å²) in [7, 11) is -4.96. The average molecular weight is 957 g/mol. The van der Waals surface area contributed by atoms with E-state index in [0.29, 0.717) is 10.8 Å². The number of aliphatic hydroxyl groups is 5. The van der Waals surface area contributed by atoms with Crippen molar-refractivity contribution < 1.29 is 90.5 Å². The number of alkyl halides is 2. The number of nitrogen functional groups attached to an aromatic ring is 2. The summed E-state index contributed by atoms with van der Waals surface area (Å²) in [6, 6.07) is 3.04. The second-order valence-corrected chi connectivity index (χ2v) is 16.3. The molecule has 28 heteroatoms. The fraction of sp³-hybridized carbons (Fsp3) is 0.526. The van der Waals surface area contributed by atoms with Crippen molar-refractivity contribution in [3.05, 3.63) is 37.2 Å². The molecule has 0 unspecified atom stereocenters. The molecule has 6 heterocycles. The Bertz CT molecular complexity index is 2530. The minimum Gasteiger partial charge on any atom is -0.432 e. The number of nitrogens with two attached hydrogens (primary N) is 2.